The summed E-state index contributed by atoms with van der Waals surface area (Å²) >= 11 is 0. The van der Waals surface area contributed by atoms with Crippen LogP contribution in [0.25, 0.3) is 6.08 Å². The van der Waals surface area contributed by atoms with Crippen molar-refractivity contribution in [3.05, 3.63) is 23.3 Å². The summed E-state index contributed by atoms with van der Waals surface area (Å²) in [6, 6.07) is 3.40. The maximum atomic E-state index is 10.8. The molecule has 0 radical (unpaired) electrons. The molecule has 1 fully saturated rings. The number of ether oxygens (including phenoxy) is 3. The minimum Gasteiger partial charge on any atom is -0.492 e. The van der Waals surface area contributed by atoms with E-state index in [1.165, 1.54) is 26.3 Å². The van der Waals surface area contributed by atoms with E-state index in [2.05, 4.69) is 13.8 Å². The first kappa shape index (κ1) is 24.5. The maximum absolute atomic E-state index is 10.8. The van der Waals surface area contributed by atoms with Crippen molar-refractivity contribution in [3.63, 3.8) is 0 Å². The monoisotopic (exact) mass is 442 g/mol. The minimum absolute atomic E-state index is 0.209. The quantitative estimate of drug-likeness (QED) is 0.480. The van der Waals surface area contributed by atoms with Crippen molar-refractivity contribution in [3.8, 4) is 17.2 Å². The highest BCUT2D eigenvalue weighted by Gasteiger charge is 2.19. The van der Waals surface area contributed by atoms with Crippen LogP contribution in [-0.4, -0.2) is 65.9 Å². The molecule has 1 N–H and O–H groups in total. The molecule has 0 amide bonds. The van der Waals surface area contributed by atoms with E-state index in [-0.39, 0.29) is 9.28 Å². The Morgan fingerprint density at radius 3 is 2.29 bits per heavy atom. The topological polar surface area (TPSA) is 74.2 Å². The Hall–Kier alpha value is -1.56. The van der Waals surface area contributed by atoms with Crippen molar-refractivity contribution in [1.29, 1.82) is 0 Å². The zero-order chi connectivity index (χ0) is 20.9. The molecule has 6 nitrogen and oxygen atoms in total. The fourth-order valence-corrected chi connectivity index (χ4v) is 15.3. The van der Waals surface area contributed by atoms with Crippen molar-refractivity contribution in [2.45, 2.75) is 32.7 Å². The lowest BCUT2D eigenvalue weighted by atomic mass is 9.98. The second-order valence-corrected chi connectivity index (χ2v) is 21.8. The number of carbonyl (C=O) groups is 1. The predicted octanol–water partition coefficient (Wildman–Crippen LogP) is 1.09. The second-order valence-electron chi connectivity index (χ2n) is 7.00. The van der Waals surface area contributed by atoms with Crippen molar-refractivity contribution in [2.75, 3.05) is 27.9 Å². The SMILES string of the molecule is C1C[SiH2][SiH2][SiH2]O1.COc1c(C=CC(=O)O)cc(CCC(C)C)c(OC)c1OC. The Bertz CT molecular complexity index is 634. The Balaban J connectivity index is 0.000000552. The summed E-state index contributed by atoms with van der Waals surface area (Å²) in [5.41, 5.74) is 1.63. The summed E-state index contributed by atoms with van der Waals surface area (Å²) in [7, 11) is 6.00. The summed E-state index contributed by atoms with van der Waals surface area (Å²) < 4.78 is 21.6. The highest BCUT2D eigenvalue weighted by atomic mass is 29.5. The van der Waals surface area contributed by atoms with Gasteiger partial charge in [-0.2, -0.15) is 0 Å². The molecule has 0 atom stereocenters. The fraction of sp³-hybridized carbons (Fsp3) is 0.526. The van der Waals surface area contributed by atoms with Crippen LogP contribution in [0.3, 0.4) is 0 Å². The van der Waals surface area contributed by atoms with Gasteiger partial charge in [0.15, 0.2) is 11.5 Å². The standard InChI is InChI=1S/C17H24O5.C2H10OSi3/c1-11(2)6-7-12-10-13(8-9-14(18)19)16(21-4)17(22-5)15(12)20-3;1-2-4-6-5-3-1/h8-11H,6-7H2,1-5H3,(H,18,19);1-2,4-6H2. The predicted molar refractivity (Wildman–Crippen MR) is 122 cm³/mol. The first-order valence-corrected chi connectivity index (χ1v) is 19.3. The lowest BCUT2D eigenvalue weighted by Gasteiger charge is -2.18. The van der Waals surface area contributed by atoms with Crippen LogP contribution in [0.1, 0.15) is 31.4 Å². The van der Waals surface area contributed by atoms with Crippen LogP contribution >= 0.6 is 0 Å². The number of aryl methyl sites for hydroxylation is 1. The summed E-state index contributed by atoms with van der Waals surface area (Å²) in [5.74, 6) is 1.12. The Labute approximate surface area is 174 Å². The van der Waals surface area contributed by atoms with Gasteiger partial charge in [-0.3, -0.25) is 0 Å². The molecule has 1 aliphatic rings. The molecular weight excluding hydrogens is 408 g/mol. The fourth-order valence-electron chi connectivity index (χ4n) is 2.92. The van der Waals surface area contributed by atoms with E-state index in [0.29, 0.717) is 46.3 Å². The summed E-state index contributed by atoms with van der Waals surface area (Å²) in [6.07, 6.45) is 4.39. The van der Waals surface area contributed by atoms with Crippen molar-refractivity contribution < 1.29 is 28.5 Å². The second kappa shape index (κ2) is 13.6. The van der Waals surface area contributed by atoms with Crippen LogP contribution in [0.5, 0.6) is 17.2 Å². The molecule has 1 aromatic carbocycles. The third-order valence-electron chi connectivity index (χ3n) is 4.38. The number of rotatable bonds is 8. The van der Waals surface area contributed by atoms with Gasteiger partial charge in [0.05, 0.1) is 21.3 Å². The number of carboxylic acids is 1. The number of benzene rings is 1. The summed E-state index contributed by atoms with van der Waals surface area (Å²) in [6.45, 7) is 5.46. The van der Waals surface area contributed by atoms with E-state index >= 15 is 0 Å². The van der Waals surface area contributed by atoms with Crippen LogP contribution < -0.4 is 14.2 Å². The Kier molecular flexibility index (Phi) is 11.9. The third-order valence-corrected chi connectivity index (χ3v) is 18.4. The van der Waals surface area contributed by atoms with Crippen molar-refractivity contribution >= 4 is 38.9 Å². The number of hydrogen-bond donors (Lipinski definition) is 1. The average molecular weight is 443 g/mol. The van der Waals surface area contributed by atoms with Gasteiger partial charge in [-0.25, -0.2) is 4.79 Å². The van der Waals surface area contributed by atoms with Gasteiger partial charge in [-0.15, -0.1) is 0 Å². The van der Waals surface area contributed by atoms with Crippen LogP contribution in [0.15, 0.2) is 12.1 Å². The number of methoxy groups -OCH3 is 3. The molecule has 0 aliphatic carbocycles. The van der Waals surface area contributed by atoms with Crippen LogP contribution in [0, 0.1) is 5.92 Å². The van der Waals surface area contributed by atoms with E-state index in [4.69, 9.17) is 23.7 Å². The molecule has 0 bridgehead atoms. The van der Waals surface area contributed by atoms with Gasteiger partial charge in [-0.05, 0) is 42.5 Å². The third kappa shape index (κ3) is 8.21. The lowest BCUT2D eigenvalue weighted by molar-refractivity contribution is -0.131. The normalized spacial score (nSPS) is 16.4. The Morgan fingerprint density at radius 1 is 1.21 bits per heavy atom. The molecule has 9 heteroatoms. The van der Waals surface area contributed by atoms with E-state index in [1.54, 1.807) is 7.11 Å². The molecule has 1 heterocycles. The molecule has 0 aromatic heterocycles. The molecular formula is C19H34O6Si3. The van der Waals surface area contributed by atoms with Crippen LogP contribution in [-0.2, 0) is 15.6 Å². The van der Waals surface area contributed by atoms with E-state index < -0.39 is 5.97 Å². The minimum atomic E-state index is -1.01. The highest BCUT2D eigenvalue weighted by Crippen LogP contribution is 2.43. The zero-order valence-corrected chi connectivity index (χ0v) is 22.0. The molecule has 0 saturated carbocycles. The van der Waals surface area contributed by atoms with Gasteiger partial charge in [0.2, 0.25) is 5.75 Å². The molecule has 0 spiro atoms. The first-order valence-electron chi connectivity index (χ1n) is 9.75. The molecule has 2 rings (SSSR count). The largest absolute Gasteiger partial charge is 0.492 e. The van der Waals surface area contributed by atoms with Gasteiger partial charge in [0.25, 0.3) is 0 Å². The van der Waals surface area contributed by atoms with Crippen molar-refractivity contribution in [1.82, 2.24) is 0 Å². The number of aliphatic carboxylic acids is 1. The first-order chi connectivity index (χ1) is 13.4. The number of hydrogen-bond acceptors (Lipinski definition) is 5. The molecule has 158 valence electrons. The van der Waals surface area contributed by atoms with Crippen LogP contribution in [0.2, 0.25) is 6.04 Å². The van der Waals surface area contributed by atoms with Crippen LogP contribution in [0.4, 0.5) is 0 Å². The molecule has 0 unspecified atom stereocenters. The van der Waals surface area contributed by atoms with Gasteiger partial charge >= 0.3 is 5.97 Å². The van der Waals surface area contributed by atoms with Crippen molar-refractivity contribution in [2.24, 2.45) is 5.92 Å². The maximum Gasteiger partial charge on any atom is 0.328 e. The Morgan fingerprint density at radius 2 is 1.89 bits per heavy atom. The molecule has 28 heavy (non-hydrogen) atoms. The van der Waals surface area contributed by atoms with E-state index in [1.807, 2.05) is 6.07 Å². The smallest absolute Gasteiger partial charge is 0.328 e. The molecule has 1 aliphatic heterocycles. The number of carboxylic acid groups (broad SMARTS) is 1. The van der Waals surface area contributed by atoms with Gasteiger partial charge in [0.1, 0.15) is 9.28 Å². The lowest BCUT2D eigenvalue weighted by Crippen LogP contribution is -2.23. The zero-order valence-electron chi connectivity index (χ0n) is 17.7. The van der Waals surface area contributed by atoms with Gasteiger partial charge < -0.3 is 23.7 Å². The molecule has 1 saturated heterocycles. The van der Waals surface area contributed by atoms with Gasteiger partial charge in [0, 0.05) is 35.8 Å². The van der Waals surface area contributed by atoms with Gasteiger partial charge in [-0.1, -0.05) is 13.8 Å². The van der Waals surface area contributed by atoms with E-state index in [9.17, 15) is 4.79 Å². The average Bonchev–Trinajstić information content (AvgIpc) is 2.71. The van der Waals surface area contributed by atoms with E-state index in [0.717, 1.165) is 31.1 Å². The highest BCUT2D eigenvalue weighted by molar-refractivity contribution is 7.28. The molecule has 1 aromatic rings. The summed E-state index contributed by atoms with van der Waals surface area (Å²) in [4.78, 5) is 10.8. The summed E-state index contributed by atoms with van der Waals surface area (Å²) in [5, 5.41) is 8.83.